The third kappa shape index (κ3) is 6.98. The molecule has 0 heterocycles. The summed E-state index contributed by atoms with van der Waals surface area (Å²) in [7, 11) is 0. The SMILES string of the molecule is CC(C)CN(CCC#N)C(=O)N(CCC(=O)O)C(C)C. The van der Waals surface area contributed by atoms with Crippen LogP contribution in [0.1, 0.15) is 40.5 Å². The van der Waals surface area contributed by atoms with E-state index in [1.165, 1.54) is 0 Å². The van der Waals surface area contributed by atoms with E-state index in [4.69, 9.17) is 10.4 Å². The standard InChI is InChI=1S/C14H25N3O3/c1-11(2)10-16(8-5-7-15)14(20)17(12(3)4)9-6-13(18)19/h11-12H,5-6,8-10H2,1-4H3,(H,18,19). The third-order valence-corrected chi connectivity index (χ3v) is 2.79. The molecule has 0 aromatic rings. The van der Waals surface area contributed by atoms with E-state index in [1.54, 1.807) is 9.80 Å². The minimum atomic E-state index is -0.920. The summed E-state index contributed by atoms with van der Waals surface area (Å²) >= 11 is 0. The van der Waals surface area contributed by atoms with Crippen molar-refractivity contribution < 1.29 is 14.7 Å². The van der Waals surface area contributed by atoms with Crippen LogP contribution in [0.3, 0.4) is 0 Å². The second-order valence-corrected chi connectivity index (χ2v) is 5.46. The van der Waals surface area contributed by atoms with Crippen LogP contribution >= 0.6 is 0 Å². The maximum absolute atomic E-state index is 12.5. The van der Waals surface area contributed by atoms with Crippen molar-refractivity contribution in [3.63, 3.8) is 0 Å². The van der Waals surface area contributed by atoms with Crippen LogP contribution in [0.2, 0.25) is 0 Å². The number of carboxylic acids is 1. The average Bonchev–Trinajstić information content (AvgIpc) is 2.33. The zero-order valence-electron chi connectivity index (χ0n) is 12.8. The Morgan fingerprint density at radius 3 is 2.20 bits per heavy atom. The van der Waals surface area contributed by atoms with E-state index in [0.717, 1.165) is 0 Å². The van der Waals surface area contributed by atoms with Crippen molar-refractivity contribution >= 4 is 12.0 Å². The van der Waals surface area contributed by atoms with Crippen LogP contribution in [0.4, 0.5) is 4.79 Å². The van der Waals surface area contributed by atoms with Crippen LogP contribution in [0, 0.1) is 17.2 Å². The molecule has 0 fully saturated rings. The van der Waals surface area contributed by atoms with Crippen molar-refractivity contribution in [2.75, 3.05) is 19.6 Å². The van der Waals surface area contributed by atoms with Gasteiger partial charge in [-0.1, -0.05) is 13.8 Å². The number of hydrogen-bond donors (Lipinski definition) is 1. The first-order valence-corrected chi connectivity index (χ1v) is 6.93. The lowest BCUT2D eigenvalue weighted by Gasteiger charge is -2.33. The summed E-state index contributed by atoms with van der Waals surface area (Å²) in [4.78, 5) is 26.3. The van der Waals surface area contributed by atoms with Gasteiger partial charge < -0.3 is 14.9 Å². The highest BCUT2D eigenvalue weighted by atomic mass is 16.4. The summed E-state index contributed by atoms with van der Waals surface area (Å²) in [6.07, 6.45) is 0.209. The van der Waals surface area contributed by atoms with Gasteiger partial charge in [-0.25, -0.2) is 4.79 Å². The molecule has 0 atom stereocenters. The minimum absolute atomic E-state index is 0.0707. The fraction of sp³-hybridized carbons (Fsp3) is 0.786. The largest absolute Gasteiger partial charge is 0.481 e. The van der Waals surface area contributed by atoms with Crippen molar-refractivity contribution in [1.29, 1.82) is 5.26 Å². The van der Waals surface area contributed by atoms with Gasteiger partial charge in [-0.05, 0) is 19.8 Å². The van der Waals surface area contributed by atoms with Crippen LogP contribution in [0.15, 0.2) is 0 Å². The molecular formula is C14H25N3O3. The molecule has 114 valence electrons. The number of nitrogens with zero attached hydrogens (tertiary/aromatic N) is 3. The van der Waals surface area contributed by atoms with Crippen molar-refractivity contribution in [2.45, 2.75) is 46.6 Å². The van der Waals surface area contributed by atoms with E-state index in [-0.39, 0.29) is 31.5 Å². The molecule has 0 radical (unpaired) electrons. The molecule has 0 rings (SSSR count). The molecule has 6 heteroatoms. The predicted molar refractivity (Wildman–Crippen MR) is 76.1 cm³/mol. The minimum Gasteiger partial charge on any atom is -0.481 e. The summed E-state index contributed by atoms with van der Waals surface area (Å²) in [6.45, 7) is 8.86. The second kappa shape index (κ2) is 9.18. The first kappa shape index (κ1) is 18.2. The molecule has 0 aliphatic rings. The Morgan fingerprint density at radius 2 is 1.80 bits per heavy atom. The lowest BCUT2D eigenvalue weighted by Crippen LogP contribution is -2.48. The zero-order valence-corrected chi connectivity index (χ0v) is 12.8. The van der Waals surface area contributed by atoms with Gasteiger partial charge >= 0.3 is 12.0 Å². The molecule has 0 aromatic heterocycles. The van der Waals surface area contributed by atoms with Crippen LogP contribution in [0.25, 0.3) is 0 Å². The lowest BCUT2D eigenvalue weighted by molar-refractivity contribution is -0.137. The smallest absolute Gasteiger partial charge is 0.320 e. The average molecular weight is 283 g/mol. The molecule has 0 aliphatic carbocycles. The number of aliphatic carboxylic acids is 1. The molecule has 0 aromatic carbocycles. The molecule has 0 saturated heterocycles. The third-order valence-electron chi connectivity index (χ3n) is 2.79. The normalized spacial score (nSPS) is 10.4. The van der Waals surface area contributed by atoms with E-state index in [0.29, 0.717) is 19.0 Å². The van der Waals surface area contributed by atoms with Gasteiger partial charge in [-0.15, -0.1) is 0 Å². The van der Waals surface area contributed by atoms with Gasteiger partial charge in [0.25, 0.3) is 0 Å². The van der Waals surface area contributed by atoms with Crippen LogP contribution < -0.4 is 0 Å². The summed E-state index contributed by atoms with van der Waals surface area (Å²) < 4.78 is 0. The van der Waals surface area contributed by atoms with E-state index in [1.807, 2.05) is 33.8 Å². The molecule has 0 unspecified atom stereocenters. The first-order valence-electron chi connectivity index (χ1n) is 6.93. The van der Waals surface area contributed by atoms with Crippen molar-refractivity contribution in [2.24, 2.45) is 5.92 Å². The molecule has 2 amide bonds. The number of urea groups is 1. The molecule has 1 N–H and O–H groups in total. The number of hydrogen-bond acceptors (Lipinski definition) is 3. The fourth-order valence-electron chi connectivity index (χ4n) is 1.86. The zero-order chi connectivity index (χ0) is 15.7. The Balaban J connectivity index is 4.84. The highest BCUT2D eigenvalue weighted by Crippen LogP contribution is 2.09. The van der Waals surface area contributed by atoms with Crippen molar-refractivity contribution in [3.05, 3.63) is 0 Å². The van der Waals surface area contributed by atoms with E-state index < -0.39 is 5.97 Å². The summed E-state index contributed by atoms with van der Waals surface area (Å²) in [5, 5.41) is 17.4. The molecule has 0 aliphatic heterocycles. The van der Waals surface area contributed by atoms with Gasteiger partial charge in [-0.3, -0.25) is 4.79 Å². The number of amides is 2. The monoisotopic (exact) mass is 283 g/mol. The van der Waals surface area contributed by atoms with Crippen LogP contribution in [0.5, 0.6) is 0 Å². The van der Waals surface area contributed by atoms with Crippen molar-refractivity contribution in [1.82, 2.24) is 9.80 Å². The Hall–Kier alpha value is -1.77. The molecular weight excluding hydrogens is 258 g/mol. The van der Waals surface area contributed by atoms with Crippen LogP contribution in [-0.2, 0) is 4.79 Å². The number of carboxylic acid groups (broad SMARTS) is 1. The van der Waals surface area contributed by atoms with Gasteiger partial charge in [0.15, 0.2) is 0 Å². The molecule has 0 spiro atoms. The fourth-order valence-corrected chi connectivity index (χ4v) is 1.86. The van der Waals surface area contributed by atoms with E-state index >= 15 is 0 Å². The van der Waals surface area contributed by atoms with Gasteiger partial charge in [0.2, 0.25) is 0 Å². The van der Waals surface area contributed by atoms with E-state index in [2.05, 4.69) is 0 Å². The van der Waals surface area contributed by atoms with Gasteiger partial charge in [-0.2, -0.15) is 5.26 Å². The number of carbonyl (C=O) groups is 2. The quantitative estimate of drug-likeness (QED) is 0.739. The summed E-state index contributed by atoms with van der Waals surface area (Å²) in [5.74, 6) is -0.623. The van der Waals surface area contributed by atoms with Gasteiger partial charge in [0.05, 0.1) is 18.9 Å². The molecule has 6 nitrogen and oxygen atoms in total. The predicted octanol–water partition coefficient (Wildman–Crippen LogP) is 2.16. The van der Waals surface area contributed by atoms with E-state index in [9.17, 15) is 9.59 Å². The Kier molecular flexibility index (Phi) is 8.37. The number of carbonyl (C=O) groups excluding carboxylic acids is 1. The Labute approximate surface area is 121 Å². The lowest BCUT2D eigenvalue weighted by atomic mass is 10.2. The highest BCUT2D eigenvalue weighted by molar-refractivity contribution is 5.75. The van der Waals surface area contributed by atoms with Crippen molar-refractivity contribution in [3.8, 4) is 6.07 Å². The Bertz CT molecular complexity index is 361. The summed E-state index contributed by atoms with van der Waals surface area (Å²) in [6, 6.07) is 1.78. The second-order valence-electron chi connectivity index (χ2n) is 5.46. The van der Waals surface area contributed by atoms with Gasteiger partial charge in [0, 0.05) is 25.7 Å². The van der Waals surface area contributed by atoms with Crippen LogP contribution in [-0.4, -0.2) is 52.6 Å². The Morgan fingerprint density at radius 1 is 1.20 bits per heavy atom. The first-order chi connectivity index (χ1) is 9.29. The van der Waals surface area contributed by atoms with Gasteiger partial charge in [0.1, 0.15) is 0 Å². The maximum atomic E-state index is 12.5. The molecule has 0 saturated carbocycles. The highest BCUT2D eigenvalue weighted by Gasteiger charge is 2.24. The topological polar surface area (TPSA) is 84.6 Å². The molecule has 20 heavy (non-hydrogen) atoms. The summed E-state index contributed by atoms with van der Waals surface area (Å²) in [5.41, 5.74) is 0. The number of rotatable bonds is 8. The number of nitriles is 1. The molecule has 0 bridgehead atoms. The maximum Gasteiger partial charge on any atom is 0.320 e.